The lowest BCUT2D eigenvalue weighted by Gasteiger charge is -2.31. The van der Waals surface area contributed by atoms with Crippen LogP contribution >= 0.6 is 11.6 Å². The van der Waals surface area contributed by atoms with Crippen molar-refractivity contribution in [2.75, 3.05) is 17.9 Å². The Labute approximate surface area is 215 Å². The fraction of sp³-hybridized carbons (Fsp3) is 0.231. The van der Waals surface area contributed by atoms with Crippen molar-refractivity contribution in [1.29, 1.82) is 0 Å². The lowest BCUT2D eigenvalue weighted by atomic mass is 10.1. The van der Waals surface area contributed by atoms with Crippen molar-refractivity contribution < 1.29 is 22.4 Å². The highest BCUT2D eigenvalue weighted by atomic mass is 35.5. The number of anilines is 1. The first-order chi connectivity index (χ1) is 17.0. The quantitative estimate of drug-likeness (QED) is 0.449. The lowest BCUT2D eigenvalue weighted by molar-refractivity contribution is -0.139. The van der Waals surface area contributed by atoms with Gasteiger partial charge in [0.2, 0.25) is 11.8 Å². The van der Waals surface area contributed by atoms with Gasteiger partial charge in [0.1, 0.15) is 18.4 Å². The number of amides is 2. The summed E-state index contributed by atoms with van der Waals surface area (Å²) < 4.78 is 42.8. The third-order valence-corrected chi connectivity index (χ3v) is 7.71. The molecule has 36 heavy (non-hydrogen) atoms. The van der Waals surface area contributed by atoms with E-state index in [1.165, 1.54) is 49.2 Å². The highest BCUT2D eigenvalue weighted by molar-refractivity contribution is 7.92. The van der Waals surface area contributed by atoms with Gasteiger partial charge in [-0.05, 0) is 55.8 Å². The van der Waals surface area contributed by atoms with Crippen molar-refractivity contribution in [1.82, 2.24) is 10.2 Å². The molecule has 0 saturated carbocycles. The predicted octanol–water partition coefficient (Wildman–Crippen LogP) is 4.15. The number of aryl methyl sites for hydroxylation is 1. The molecule has 7 nitrogen and oxygen atoms in total. The SMILES string of the molecule is CNC(=O)[C@@H](C)N(Cc1ccc(Cl)cc1)C(=O)CN(c1ccccc1F)S(=O)(=O)c1ccc(C)cc1. The largest absolute Gasteiger partial charge is 0.357 e. The summed E-state index contributed by atoms with van der Waals surface area (Å²) in [6, 6.07) is 17.2. The molecule has 0 heterocycles. The summed E-state index contributed by atoms with van der Waals surface area (Å²) in [5, 5.41) is 3.01. The molecule has 10 heteroatoms. The molecule has 2 amide bonds. The predicted molar refractivity (Wildman–Crippen MR) is 138 cm³/mol. The summed E-state index contributed by atoms with van der Waals surface area (Å²) in [6.07, 6.45) is 0. The van der Waals surface area contributed by atoms with Crippen molar-refractivity contribution in [3.8, 4) is 0 Å². The number of hydrogen-bond acceptors (Lipinski definition) is 4. The van der Waals surface area contributed by atoms with E-state index in [0.29, 0.717) is 10.6 Å². The molecule has 0 aliphatic heterocycles. The second-order valence-electron chi connectivity index (χ2n) is 8.21. The van der Waals surface area contributed by atoms with Gasteiger partial charge in [-0.25, -0.2) is 12.8 Å². The highest BCUT2D eigenvalue weighted by Crippen LogP contribution is 2.27. The Bertz CT molecular complexity index is 1330. The average Bonchev–Trinajstić information content (AvgIpc) is 2.86. The minimum atomic E-state index is -4.32. The van der Waals surface area contributed by atoms with Gasteiger partial charge in [0, 0.05) is 18.6 Å². The van der Waals surface area contributed by atoms with E-state index in [9.17, 15) is 22.4 Å². The van der Waals surface area contributed by atoms with Gasteiger partial charge in [-0.2, -0.15) is 0 Å². The summed E-state index contributed by atoms with van der Waals surface area (Å²) in [4.78, 5) is 27.2. The number of para-hydroxylation sites is 1. The normalized spacial score (nSPS) is 12.0. The maximum Gasteiger partial charge on any atom is 0.264 e. The van der Waals surface area contributed by atoms with Crippen LogP contribution in [0.1, 0.15) is 18.1 Å². The minimum absolute atomic E-state index is 0.0142. The van der Waals surface area contributed by atoms with Crippen LogP contribution < -0.4 is 9.62 Å². The maximum atomic E-state index is 14.8. The summed E-state index contributed by atoms with van der Waals surface area (Å²) in [5.74, 6) is -1.92. The first-order valence-electron chi connectivity index (χ1n) is 11.1. The molecule has 1 atom stereocenters. The standard InChI is InChI=1S/C26H27ClFN3O4S/c1-18-8-14-22(15-9-18)36(34,35)31(24-7-5-4-6-23(24)28)17-25(32)30(19(2)26(33)29-3)16-20-10-12-21(27)13-11-20/h4-15,19H,16-17H2,1-3H3,(H,29,33)/t19-/m1/s1. The van der Waals surface area contributed by atoms with Gasteiger partial charge in [0.05, 0.1) is 10.6 Å². The zero-order chi connectivity index (χ0) is 26.5. The molecule has 0 radical (unpaired) electrons. The van der Waals surface area contributed by atoms with Crippen LogP contribution in [-0.4, -0.2) is 44.8 Å². The van der Waals surface area contributed by atoms with Crippen LogP contribution in [0.2, 0.25) is 5.02 Å². The fourth-order valence-electron chi connectivity index (χ4n) is 3.58. The molecule has 0 spiro atoms. The molecule has 0 fully saturated rings. The number of carbonyl (C=O) groups excluding carboxylic acids is 2. The molecule has 0 saturated heterocycles. The zero-order valence-corrected chi connectivity index (χ0v) is 21.7. The van der Waals surface area contributed by atoms with Gasteiger partial charge in [-0.1, -0.05) is 53.6 Å². The number of carbonyl (C=O) groups is 2. The second kappa shape index (κ2) is 11.5. The Morgan fingerprint density at radius 1 is 1.00 bits per heavy atom. The number of benzene rings is 3. The van der Waals surface area contributed by atoms with Crippen molar-refractivity contribution in [3.05, 3.63) is 94.8 Å². The third kappa shape index (κ3) is 6.22. The van der Waals surface area contributed by atoms with Crippen molar-refractivity contribution in [3.63, 3.8) is 0 Å². The van der Waals surface area contributed by atoms with E-state index in [0.717, 1.165) is 15.9 Å². The number of halogens is 2. The Morgan fingerprint density at radius 2 is 1.61 bits per heavy atom. The average molecular weight is 532 g/mol. The fourth-order valence-corrected chi connectivity index (χ4v) is 5.13. The Kier molecular flexibility index (Phi) is 8.70. The molecule has 0 aliphatic carbocycles. The Hall–Kier alpha value is -3.43. The van der Waals surface area contributed by atoms with Crippen molar-refractivity contribution in [2.45, 2.75) is 31.3 Å². The van der Waals surface area contributed by atoms with Gasteiger partial charge < -0.3 is 10.2 Å². The van der Waals surface area contributed by atoms with Crippen LogP contribution in [0.5, 0.6) is 0 Å². The smallest absolute Gasteiger partial charge is 0.264 e. The number of hydrogen-bond donors (Lipinski definition) is 1. The van der Waals surface area contributed by atoms with Gasteiger partial charge in [0.25, 0.3) is 10.0 Å². The topological polar surface area (TPSA) is 86.8 Å². The summed E-state index contributed by atoms with van der Waals surface area (Å²) in [6.45, 7) is 2.64. The van der Waals surface area contributed by atoms with E-state index in [1.54, 1.807) is 36.4 Å². The van der Waals surface area contributed by atoms with Crippen LogP contribution in [0, 0.1) is 12.7 Å². The van der Waals surface area contributed by atoms with Crippen LogP contribution in [0.4, 0.5) is 10.1 Å². The van der Waals surface area contributed by atoms with Crippen LogP contribution in [0.25, 0.3) is 0 Å². The summed E-state index contributed by atoms with van der Waals surface area (Å²) in [7, 11) is -2.88. The zero-order valence-electron chi connectivity index (χ0n) is 20.1. The molecule has 3 rings (SSSR count). The number of nitrogens with zero attached hydrogens (tertiary/aromatic N) is 2. The van der Waals surface area contributed by atoms with E-state index < -0.39 is 40.2 Å². The number of nitrogens with one attached hydrogen (secondary N) is 1. The molecule has 1 N–H and O–H groups in total. The van der Waals surface area contributed by atoms with Crippen molar-refractivity contribution in [2.24, 2.45) is 0 Å². The van der Waals surface area contributed by atoms with E-state index in [-0.39, 0.29) is 17.1 Å². The number of sulfonamides is 1. The summed E-state index contributed by atoms with van der Waals surface area (Å²) >= 11 is 5.96. The van der Waals surface area contributed by atoms with Gasteiger partial charge in [0.15, 0.2) is 0 Å². The van der Waals surface area contributed by atoms with E-state index in [2.05, 4.69) is 5.32 Å². The monoisotopic (exact) mass is 531 g/mol. The number of rotatable bonds is 9. The van der Waals surface area contributed by atoms with Crippen LogP contribution in [-0.2, 0) is 26.2 Å². The lowest BCUT2D eigenvalue weighted by Crippen LogP contribution is -2.50. The van der Waals surface area contributed by atoms with Crippen LogP contribution in [0.3, 0.4) is 0 Å². The summed E-state index contributed by atoms with van der Waals surface area (Å²) in [5.41, 5.74) is 1.25. The maximum absolute atomic E-state index is 14.8. The van der Waals surface area contributed by atoms with Gasteiger partial charge in [-0.3, -0.25) is 13.9 Å². The molecule has 190 valence electrons. The third-order valence-electron chi connectivity index (χ3n) is 5.69. The first kappa shape index (κ1) is 27.2. The van der Waals surface area contributed by atoms with E-state index >= 15 is 0 Å². The van der Waals surface area contributed by atoms with E-state index in [1.807, 2.05) is 6.92 Å². The molecule has 0 bridgehead atoms. The van der Waals surface area contributed by atoms with E-state index in [4.69, 9.17) is 11.6 Å². The molecule has 0 aromatic heterocycles. The molecule has 3 aromatic carbocycles. The molecule has 3 aromatic rings. The Morgan fingerprint density at radius 3 is 2.19 bits per heavy atom. The molecular formula is C26H27ClFN3O4S. The first-order valence-corrected chi connectivity index (χ1v) is 13.0. The number of likely N-dealkylation sites (N-methyl/N-ethyl adjacent to an activating group) is 1. The molecule has 0 unspecified atom stereocenters. The molecular weight excluding hydrogens is 505 g/mol. The molecule has 0 aliphatic rings. The van der Waals surface area contributed by atoms with Crippen molar-refractivity contribution >= 4 is 39.1 Å². The van der Waals surface area contributed by atoms with Gasteiger partial charge >= 0.3 is 0 Å². The van der Waals surface area contributed by atoms with Gasteiger partial charge in [-0.15, -0.1) is 0 Å². The van der Waals surface area contributed by atoms with Crippen LogP contribution in [0.15, 0.2) is 77.7 Å². The second-order valence-corrected chi connectivity index (χ2v) is 10.5. The minimum Gasteiger partial charge on any atom is -0.357 e. The Balaban J connectivity index is 2.04. The highest BCUT2D eigenvalue weighted by Gasteiger charge is 2.33.